The first-order chi connectivity index (χ1) is 10.1. The molecule has 0 aliphatic carbocycles. The molecule has 2 rings (SSSR count). The van der Waals surface area contributed by atoms with Crippen LogP contribution in [0.4, 0.5) is 11.4 Å². The number of hydrogen-bond donors (Lipinski definition) is 2. The number of nitrogens with one attached hydrogen (secondary N) is 1. The van der Waals surface area contributed by atoms with Crippen LogP contribution in [0.15, 0.2) is 40.6 Å². The SMILES string of the molecule is COC(=O)c1sccc1NC(=O)CSc1ccc(N)cc1. The molecular weight excluding hydrogens is 308 g/mol. The Hall–Kier alpha value is -1.99. The highest BCUT2D eigenvalue weighted by Gasteiger charge is 2.15. The fraction of sp³-hybridized carbons (Fsp3) is 0.143. The smallest absolute Gasteiger partial charge is 0.350 e. The largest absolute Gasteiger partial charge is 0.465 e. The summed E-state index contributed by atoms with van der Waals surface area (Å²) >= 11 is 2.63. The van der Waals surface area contributed by atoms with E-state index < -0.39 is 5.97 Å². The van der Waals surface area contributed by atoms with E-state index in [1.807, 2.05) is 12.1 Å². The third-order valence-electron chi connectivity index (χ3n) is 2.56. The number of carbonyl (C=O) groups excluding carboxylic acids is 2. The molecule has 21 heavy (non-hydrogen) atoms. The second kappa shape index (κ2) is 7.14. The first kappa shape index (κ1) is 15.4. The average molecular weight is 322 g/mol. The molecule has 1 aromatic carbocycles. The Morgan fingerprint density at radius 3 is 2.67 bits per heavy atom. The van der Waals surface area contributed by atoms with Crippen LogP contribution in [0.2, 0.25) is 0 Å². The van der Waals surface area contributed by atoms with Crippen LogP contribution in [0.1, 0.15) is 9.67 Å². The van der Waals surface area contributed by atoms with Gasteiger partial charge in [0.25, 0.3) is 0 Å². The summed E-state index contributed by atoms with van der Waals surface area (Å²) in [6, 6.07) is 8.97. The van der Waals surface area contributed by atoms with Crippen LogP contribution in [0.5, 0.6) is 0 Å². The number of nitrogen functional groups attached to an aromatic ring is 1. The van der Waals surface area contributed by atoms with Crippen LogP contribution in [0, 0.1) is 0 Å². The van der Waals surface area contributed by atoms with Crippen molar-refractivity contribution in [2.45, 2.75) is 4.90 Å². The fourth-order valence-corrected chi connectivity index (χ4v) is 3.02. The van der Waals surface area contributed by atoms with Crippen LogP contribution in [-0.4, -0.2) is 24.7 Å². The van der Waals surface area contributed by atoms with E-state index in [0.717, 1.165) is 4.90 Å². The molecule has 0 aliphatic heterocycles. The topological polar surface area (TPSA) is 81.4 Å². The third-order valence-corrected chi connectivity index (χ3v) is 4.47. The number of thioether (sulfide) groups is 1. The van der Waals surface area contributed by atoms with Crippen LogP contribution in [0.25, 0.3) is 0 Å². The summed E-state index contributed by atoms with van der Waals surface area (Å²) in [6.45, 7) is 0. The van der Waals surface area contributed by atoms with E-state index in [1.54, 1.807) is 23.6 Å². The van der Waals surface area contributed by atoms with Crippen molar-refractivity contribution in [1.82, 2.24) is 0 Å². The van der Waals surface area contributed by atoms with Gasteiger partial charge in [0.05, 0.1) is 18.6 Å². The van der Waals surface area contributed by atoms with Gasteiger partial charge in [0.15, 0.2) is 0 Å². The van der Waals surface area contributed by atoms with Gasteiger partial charge in [0, 0.05) is 10.6 Å². The Bertz CT molecular complexity index is 638. The molecule has 0 aliphatic rings. The predicted octanol–water partition coefficient (Wildman–Crippen LogP) is 2.85. The van der Waals surface area contributed by atoms with Crippen molar-refractivity contribution in [1.29, 1.82) is 0 Å². The molecule has 5 nitrogen and oxygen atoms in total. The maximum atomic E-state index is 11.9. The standard InChI is InChI=1S/C14H14N2O3S2/c1-19-14(18)13-11(6-7-20-13)16-12(17)8-21-10-4-2-9(15)3-5-10/h2-7H,8,15H2,1H3,(H,16,17). The maximum Gasteiger partial charge on any atom is 0.350 e. The van der Waals surface area contributed by atoms with E-state index in [-0.39, 0.29) is 11.7 Å². The summed E-state index contributed by atoms with van der Waals surface area (Å²) in [4.78, 5) is 24.8. The highest BCUT2D eigenvalue weighted by molar-refractivity contribution is 8.00. The first-order valence-electron chi connectivity index (χ1n) is 6.04. The molecule has 1 heterocycles. The predicted molar refractivity (Wildman–Crippen MR) is 85.9 cm³/mol. The molecule has 3 N–H and O–H groups in total. The number of anilines is 2. The van der Waals surface area contributed by atoms with Crippen molar-refractivity contribution in [3.05, 3.63) is 40.6 Å². The van der Waals surface area contributed by atoms with Gasteiger partial charge >= 0.3 is 5.97 Å². The average Bonchev–Trinajstić information content (AvgIpc) is 2.94. The Kier molecular flexibility index (Phi) is 5.24. The van der Waals surface area contributed by atoms with Crippen LogP contribution in [-0.2, 0) is 9.53 Å². The van der Waals surface area contributed by atoms with Crippen molar-refractivity contribution in [2.24, 2.45) is 0 Å². The van der Waals surface area contributed by atoms with Gasteiger partial charge in [0.2, 0.25) is 5.91 Å². The number of amides is 1. The van der Waals surface area contributed by atoms with E-state index in [0.29, 0.717) is 16.3 Å². The number of hydrogen-bond acceptors (Lipinski definition) is 6. The number of methoxy groups -OCH3 is 1. The summed E-state index contributed by atoms with van der Waals surface area (Å²) in [5.41, 5.74) is 6.77. The van der Waals surface area contributed by atoms with Gasteiger partial charge in [-0.05, 0) is 35.7 Å². The van der Waals surface area contributed by atoms with E-state index in [9.17, 15) is 9.59 Å². The molecule has 0 radical (unpaired) electrons. The molecule has 0 fully saturated rings. The van der Waals surface area contributed by atoms with Crippen LogP contribution < -0.4 is 11.1 Å². The Balaban J connectivity index is 1.92. The summed E-state index contributed by atoms with van der Waals surface area (Å²) in [5, 5.41) is 4.44. The zero-order chi connectivity index (χ0) is 15.2. The normalized spacial score (nSPS) is 10.1. The highest BCUT2D eigenvalue weighted by Crippen LogP contribution is 2.24. The monoisotopic (exact) mass is 322 g/mol. The molecule has 0 saturated carbocycles. The molecule has 0 spiro atoms. The van der Waals surface area contributed by atoms with Gasteiger partial charge in [0.1, 0.15) is 4.88 Å². The third kappa shape index (κ3) is 4.24. The summed E-state index contributed by atoms with van der Waals surface area (Å²) in [7, 11) is 1.31. The van der Waals surface area contributed by atoms with Gasteiger partial charge in [-0.15, -0.1) is 23.1 Å². The summed E-state index contributed by atoms with van der Waals surface area (Å²) in [6.07, 6.45) is 0. The van der Waals surface area contributed by atoms with Gasteiger partial charge in [-0.1, -0.05) is 0 Å². The number of thiophene rings is 1. The molecule has 2 aromatic rings. The minimum atomic E-state index is -0.452. The van der Waals surface area contributed by atoms with Crippen molar-refractivity contribution >= 4 is 46.3 Å². The Morgan fingerprint density at radius 1 is 1.29 bits per heavy atom. The zero-order valence-corrected chi connectivity index (χ0v) is 12.9. The Morgan fingerprint density at radius 2 is 2.00 bits per heavy atom. The van der Waals surface area contributed by atoms with Gasteiger partial charge in [-0.2, -0.15) is 0 Å². The van der Waals surface area contributed by atoms with Gasteiger partial charge in [-0.3, -0.25) is 4.79 Å². The second-order valence-electron chi connectivity index (χ2n) is 4.06. The first-order valence-corrected chi connectivity index (χ1v) is 7.90. The number of nitrogens with two attached hydrogens (primary N) is 1. The minimum absolute atomic E-state index is 0.180. The minimum Gasteiger partial charge on any atom is -0.465 e. The molecular formula is C14H14N2O3S2. The van der Waals surface area contributed by atoms with Gasteiger partial charge in [-0.25, -0.2) is 4.79 Å². The van der Waals surface area contributed by atoms with E-state index in [4.69, 9.17) is 5.73 Å². The molecule has 1 amide bonds. The molecule has 110 valence electrons. The Labute approximate surface area is 130 Å². The number of carbonyl (C=O) groups is 2. The van der Waals surface area contributed by atoms with Gasteiger partial charge < -0.3 is 15.8 Å². The quantitative estimate of drug-likeness (QED) is 0.502. The van der Waals surface area contributed by atoms with Crippen LogP contribution >= 0.6 is 23.1 Å². The molecule has 0 bridgehead atoms. The number of esters is 1. The number of benzene rings is 1. The van der Waals surface area contributed by atoms with E-state index in [1.165, 1.54) is 30.2 Å². The van der Waals surface area contributed by atoms with Crippen LogP contribution in [0.3, 0.4) is 0 Å². The zero-order valence-electron chi connectivity index (χ0n) is 11.3. The lowest BCUT2D eigenvalue weighted by Crippen LogP contribution is -2.15. The summed E-state index contributed by atoms with van der Waals surface area (Å²) < 4.78 is 4.66. The molecule has 0 atom stereocenters. The lowest BCUT2D eigenvalue weighted by molar-refractivity contribution is -0.113. The molecule has 7 heteroatoms. The fourth-order valence-electron chi connectivity index (χ4n) is 1.56. The summed E-state index contributed by atoms with van der Waals surface area (Å²) in [5.74, 6) is -0.382. The number of rotatable bonds is 5. The van der Waals surface area contributed by atoms with E-state index in [2.05, 4.69) is 10.1 Å². The molecule has 0 unspecified atom stereocenters. The molecule has 0 saturated heterocycles. The van der Waals surface area contributed by atoms with Crippen molar-refractivity contribution in [2.75, 3.05) is 23.9 Å². The van der Waals surface area contributed by atoms with Crippen molar-refractivity contribution in [3.8, 4) is 0 Å². The highest BCUT2D eigenvalue weighted by atomic mass is 32.2. The van der Waals surface area contributed by atoms with Crippen molar-refractivity contribution < 1.29 is 14.3 Å². The lowest BCUT2D eigenvalue weighted by atomic mass is 10.3. The number of ether oxygens (including phenoxy) is 1. The van der Waals surface area contributed by atoms with E-state index >= 15 is 0 Å². The lowest BCUT2D eigenvalue weighted by Gasteiger charge is -2.05. The molecule has 1 aromatic heterocycles. The van der Waals surface area contributed by atoms with Crippen molar-refractivity contribution in [3.63, 3.8) is 0 Å². The second-order valence-corrected chi connectivity index (χ2v) is 6.03. The maximum absolute atomic E-state index is 11.9.